The Morgan fingerprint density at radius 1 is 1.50 bits per heavy atom. The Morgan fingerprint density at radius 2 is 2.31 bits per heavy atom. The number of benzene rings is 1. The number of phenols is 1. The fourth-order valence-corrected chi connectivity index (χ4v) is 2.06. The van der Waals surface area contributed by atoms with Gasteiger partial charge in [-0.3, -0.25) is 4.79 Å². The molecule has 1 heterocycles. The van der Waals surface area contributed by atoms with Gasteiger partial charge in [0.25, 0.3) is 0 Å². The van der Waals surface area contributed by atoms with Gasteiger partial charge in [-0.25, -0.2) is 0 Å². The molecule has 4 N–H and O–H groups in total. The first-order valence-electron chi connectivity index (χ1n) is 5.52. The van der Waals surface area contributed by atoms with E-state index in [0.717, 1.165) is 19.4 Å². The first kappa shape index (κ1) is 11.0. The second-order valence-electron chi connectivity index (χ2n) is 4.15. The molecular formula is C12H16N2O2. The van der Waals surface area contributed by atoms with Crippen molar-refractivity contribution in [3.8, 4) is 5.75 Å². The van der Waals surface area contributed by atoms with Crippen molar-refractivity contribution in [3.63, 3.8) is 0 Å². The van der Waals surface area contributed by atoms with Gasteiger partial charge in [0.15, 0.2) is 5.78 Å². The minimum Gasteiger partial charge on any atom is -0.506 e. The second kappa shape index (κ2) is 4.53. The Balaban J connectivity index is 2.22. The summed E-state index contributed by atoms with van der Waals surface area (Å²) < 4.78 is 0. The Morgan fingerprint density at radius 3 is 3.00 bits per heavy atom. The maximum absolute atomic E-state index is 12.1. The van der Waals surface area contributed by atoms with Crippen LogP contribution in [-0.4, -0.2) is 24.0 Å². The van der Waals surface area contributed by atoms with Gasteiger partial charge in [-0.2, -0.15) is 0 Å². The van der Waals surface area contributed by atoms with Crippen LogP contribution in [0.3, 0.4) is 0 Å². The van der Waals surface area contributed by atoms with Crippen molar-refractivity contribution in [1.29, 1.82) is 0 Å². The number of nitrogen functional groups attached to an aromatic ring is 1. The molecule has 1 aliphatic rings. The highest BCUT2D eigenvalue weighted by Crippen LogP contribution is 2.27. The van der Waals surface area contributed by atoms with Gasteiger partial charge >= 0.3 is 0 Å². The van der Waals surface area contributed by atoms with E-state index in [1.54, 1.807) is 12.1 Å². The van der Waals surface area contributed by atoms with Crippen molar-refractivity contribution in [2.75, 3.05) is 18.8 Å². The summed E-state index contributed by atoms with van der Waals surface area (Å²) in [5.41, 5.74) is 6.33. The number of para-hydroxylation sites is 1. The summed E-state index contributed by atoms with van der Waals surface area (Å²) in [5, 5.41) is 12.6. The van der Waals surface area contributed by atoms with E-state index >= 15 is 0 Å². The normalized spacial score (nSPS) is 20.6. The largest absolute Gasteiger partial charge is 0.506 e. The molecule has 0 amide bonds. The number of aromatic hydroxyl groups is 1. The fourth-order valence-electron chi connectivity index (χ4n) is 2.06. The quantitative estimate of drug-likeness (QED) is 0.397. The number of Topliss-reactive ketones (excluding diaryl/α,β-unsaturated/α-hetero) is 1. The highest BCUT2D eigenvalue weighted by molar-refractivity contribution is 6.03. The molecule has 1 saturated heterocycles. The summed E-state index contributed by atoms with van der Waals surface area (Å²) in [5.74, 6) is -0.00642. The fraction of sp³-hybridized carbons (Fsp3) is 0.417. The third-order valence-electron chi connectivity index (χ3n) is 3.02. The average molecular weight is 220 g/mol. The zero-order valence-electron chi connectivity index (χ0n) is 9.07. The van der Waals surface area contributed by atoms with E-state index in [4.69, 9.17) is 5.73 Å². The van der Waals surface area contributed by atoms with E-state index in [1.807, 2.05) is 0 Å². The van der Waals surface area contributed by atoms with Crippen molar-refractivity contribution in [2.24, 2.45) is 5.92 Å². The highest BCUT2D eigenvalue weighted by Gasteiger charge is 2.24. The van der Waals surface area contributed by atoms with Crippen LogP contribution in [-0.2, 0) is 0 Å². The van der Waals surface area contributed by atoms with E-state index in [2.05, 4.69) is 5.32 Å². The molecule has 0 bridgehead atoms. The van der Waals surface area contributed by atoms with Gasteiger partial charge in [-0.1, -0.05) is 6.07 Å². The van der Waals surface area contributed by atoms with Crippen LogP contribution in [0, 0.1) is 5.92 Å². The molecule has 0 aliphatic carbocycles. The Labute approximate surface area is 94.5 Å². The lowest BCUT2D eigenvalue weighted by Gasteiger charge is -2.22. The number of carbonyl (C=O) groups excluding carboxylic acids is 1. The molecular weight excluding hydrogens is 204 g/mol. The molecule has 1 aromatic carbocycles. The van der Waals surface area contributed by atoms with Crippen molar-refractivity contribution < 1.29 is 9.90 Å². The zero-order valence-corrected chi connectivity index (χ0v) is 9.07. The number of hydrogen-bond donors (Lipinski definition) is 3. The van der Waals surface area contributed by atoms with Gasteiger partial charge in [0.2, 0.25) is 0 Å². The predicted molar refractivity (Wildman–Crippen MR) is 62.4 cm³/mol. The summed E-state index contributed by atoms with van der Waals surface area (Å²) in [6.45, 7) is 1.67. The van der Waals surface area contributed by atoms with Crippen LogP contribution in [0.25, 0.3) is 0 Å². The number of phenolic OH excluding ortho intramolecular Hbond substituents is 1. The zero-order chi connectivity index (χ0) is 11.5. The molecule has 2 rings (SSSR count). The van der Waals surface area contributed by atoms with Crippen LogP contribution in [0.15, 0.2) is 18.2 Å². The number of nitrogens with two attached hydrogens (primary N) is 1. The third kappa shape index (κ3) is 2.02. The lowest BCUT2D eigenvalue weighted by molar-refractivity contribution is 0.0900. The number of piperidine rings is 1. The molecule has 1 aliphatic heterocycles. The highest BCUT2D eigenvalue weighted by atomic mass is 16.3. The van der Waals surface area contributed by atoms with Crippen molar-refractivity contribution in [2.45, 2.75) is 12.8 Å². The summed E-state index contributed by atoms with van der Waals surface area (Å²) in [4.78, 5) is 12.1. The van der Waals surface area contributed by atoms with E-state index in [9.17, 15) is 9.90 Å². The molecule has 0 radical (unpaired) electrons. The average Bonchev–Trinajstić information content (AvgIpc) is 2.33. The molecule has 86 valence electrons. The van der Waals surface area contributed by atoms with Gasteiger partial charge in [0.05, 0.1) is 5.69 Å². The standard InChI is InChI=1S/C12H16N2O2/c13-11-9(4-1-5-10(11)15)12(16)8-3-2-6-14-7-8/h1,4-5,8,14-15H,2-3,6-7,13H2. The number of nitrogens with one attached hydrogen (secondary N) is 1. The van der Waals surface area contributed by atoms with E-state index in [0.29, 0.717) is 12.1 Å². The van der Waals surface area contributed by atoms with Gasteiger partial charge in [0, 0.05) is 18.0 Å². The SMILES string of the molecule is Nc1c(O)cccc1C(=O)C1CCCNC1. The molecule has 1 atom stereocenters. The van der Waals surface area contributed by atoms with Gasteiger partial charge in [-0.05, 0) is 31.5 Å². The first-order valence-corrected chi connectivity index (χ1v) is 5.52. The molecule has 1 aromatic rings. The third-order valence-corrected chi connectivity index (χ3v) is 3.02. The molecule has 0 spiro atoms. The van der Waals surface area contributed by atoms with Gasteiger partial charge in [0.1, 0.15) is 5.75 Å². The van der Waals surface area contributed by atoms with Crippen molar-refractivity contribution in [1.82, 2.24) is 5.32 Å². The Hall–Kier alpha value is -1.55. The Bertz CT molecular complexity index is 398. The summed E-state index contributed by atoms with van der Waals surface area (Å²) in [7, 11) is 0. The molecule has 1 unspecified atom stereocenters. The summed E-state index contributed by atoms with van der Waals surface area (Å²) >= 11 is 0. The first-order chi connectivity index (χ1) is 7.70. The van der Waals surface area contributed by atoms with Gasteiger partial charge in [-0.15, -0.1) is 0 Å². The smallest absolute Gasteiger partial charge is 0.169 e. The molecule has 16 heavy (non-hydrogen) atoms. The van der Waals surface area contributed by atoms with Crippen LogP contribution in [0.2, 0.25) is 0 Å². The van der Waals surface area contributed by atoms with Crippen LogP contribution >= 0.6 is 0 Å². The minimum absolute atomic E-state index is 0.0159. The number of ketones is 1. The summed E-state index contributed by atoms with van der Waals surface area (Å²) in [6.07, 6.45) is 1.90. The number of carbonyl (C=O) groups is 1. The maximum atomic E-state index is 12.1. The number of anilines is 1. The lowest BCUT2D eigenvalue weighted by atomic mass is 9.90. The monoisotopic (exact) mass is 220 g/mol. The van der Waals surface area contributed by atoms with Gasteiger partial charge < -0.3 is 16.2 Å². The van der Waals surface area contributed by atoms with Crippen LogP contribution < -0.4 is 11.1 Å². The molecule has 1 fully saturated rings. The van der Waals surface area contributed by atoms with Crippen molar-refractivity contribution >= 4 is 11.5 Å². The molecule has 4 nitrogen and oxygen atoms in total. The Kier molecular flexibility index (Phi) is 3.10. The second-order valence-corrected chi connectivity index (χ2v) is 4.15. The number of rotatable bonds is 2. The van der Waals surface area contributed by atoms with Crippen LogP contribution in [0.4, 0.5) is 5.69 Å². The molecule has 0 saturated carbocycles. The van der Waals surface area contributed by atoms with E-state index in [1.165, 1.54) is 6.07 Å². The number of hydrogen-bond acceptors (Lipinski definition) is 4. The van der Waals surface area contributed by atoms with E-state index in [-0.39, 0.29) is 23.1 Å². The summed E-state index contributed by atoms with van der Waals surface area (Å²) in [6, 6.07) is 4.81. The maximum Gasteiger partial charge on any atom is 0.169 e. The topological polar surface area (TPSA) is 75.3 Å². The van der Waals surface area contributed by atoms with Crippen LogP contribution in [0.5, 0.6) is 5.75 Å². The predicted octanol–water partition coefficient (Wildman–Crippen LogP) is 1.16. The van der Waals surface area contributed by atoms with E-state index < -0.39 is 0 Å². The molecule has 0 aromatic heterocycles. The van der Waals surface area contributed by atoms with Crippen molar-refractivity contribution in [3.05, 3.63) is 23.8 Å². The molecule has 4 heteroatoms. The minimum atomic E-state index is -0.0189. The van der Waals surface area contributed by atoms with Crippen LogP contribution in [0.1, 0.15) is 23.2 Å². The lowest BCUT2D eigenvalue weighted by Crippen LogP contribution is -2.34.